The minimum Gasteiger partial charge on any atom is -0.435 e. The van der Waals surface area contributed by atoms with Gasteiger partial charge >= 0.3 is 6.61 Å². The molecule has 0 saturated heterocycles. The summed E-state index contributed by atoms with van der Waals surface area (Å²) in [5, 5.41) is 9.05. The number of alkyl halides is 2. The van der Waals surface area contributed by atoms with Crippen LogP contribution in [0, 0.1) is 0 Å². The quantitative estimate of drug-likeness (QED) is 0.872. The second kappa shape index (κ2) is 6.65. The average molecular weight is 285 g/mol. The van der Waals surface area contributed by atoms with Crippen LogP contribution in [0.15, 0.2) is 24.3 Å². The van der Waals surface area contributed by atoms with Crippen molar-refractivity contribution in [3.8, 4) is 5.75 Å². The number of amides is 1. The average Bonchev–Trinajstić information content (AvgIpc) is 2.35. The molecule has 0 heterocycles. The fraction of sp³-hybridized carbons (Fsp3) is 0.500. The predicted molar refractivity (Wildman–Crippen MR) is 68.8 cm³/mol. The normalized spacial score (nSPS) is 15.0. The van der Waals surface area contributed by atoms with Gasteiger partial charge in [0.1, 0.15) is 5.75 Å². The molecule has 1 amide bonds. The summed E-state index contributed by atoms with van der Waals surface area (Å²) in [6.07, 6.45) is 2.97. The van der Waals surface area contributed by atoms with E-state index >= 15 is 0 Å². The van der Waals surface area contributed by atoms with Crippen molar-refractivity contribution in [2.45, 2.75) is 31.9 Å². The van der Waals surface area contributed by atoms with Crippen LogP contribution in [-0.4, -0.2) is 41.7 Å². The van der Waals surface area contributed by atoms with Gasteiger partial charge in [0.15, 0.2) is 0 Å². The SMILES string of the molecule is O=C(c1ccc(OC(F)F)cc1)N(CCO)C1CCC1. The minimum atomic E-state index is -2.88. The fourth-order valence-electron chi connectivity index (χ4n) is 2.20. The molecule has 2 rings (SSSR count). The Bertz CT molecular complexity index is 446. The van der Waals surface area contributed by atoms with Gasteiger partial charge in [-0.25, -0.2) is 0 Å². The van der Waals surface area contributed by atoms with E-state index in [0.29, 0.717) is 12.1 Å². The van der Waals surface area contributed by atoms with Gasteiger partial charge in [-0.3, -0.25) is 4.79 Å². The van der Waals surface area contributed by atoms with Crippen LogP contribution in [0.1, 0.15) is 29.6 Å². The highest BCUT2D eigenvalue weighted by Gasteiger charge is 2.28. The van der Waals surface area contributed by atoms with Crippen LogP contribution in [0.2, 0.25) is 0 Å². The summed E-state index contributed by atoms with van der Waals surface area (Å²) < 4.78 is 28.3. The Morgan fingerprint density at radius 1 is 1.35 bits per heavy atom. The van der Waals surface area contributed by atoms with E-state index in [1.165, 1.54) is 24.3 Å². The first-order valence-electron chi connectivity index (χ1n) is 6.58. The molecule has 0 unspecified atom stereocenters. The lowest BCUT2D eigenvalue weighted by Crippen LogP contribution is -2.45. The summed E-state index contributed by atoms with van der Waals surface area (Å²) in [6.45, 7) is -2.68. The van der Waals surface area contributed by atoms with E-state index in [1.807, 2.05) is 0 Å². The number of rotatable bonds is 6. The molecule has 1 N–H and O–H groups in total. The predicted octanol–water partition coefficient (Wildman–Crippen LogP) is 2.28. The molecule has 0 bridgehead atoms. The number of ether oxygens (including phenoxy) is 1. The topological polar surface area (TPSA) is 49.8 Å². The van der Waals surface area contributed by atoms with Crippen LogP contribution in [-0.2, 0) is 0 Å². The van der Waals surface area contributed by atoms with Gasteiger partial charge in [-0.1, -0.05) is 0 Å². The first-order valence-corrected chi connectivity index (χ1v) is 6.58. The number of aliphatic hydroxyl groups is 1. The van der Waals surface area contributed by atoms with Crippen LogP contribution >= 0.6 is 0 Å². The summed E-state index contributed by atoms with van der Waals surface area (Å²) in [4.78, 5) is 14.0. The minimum absolute atomic E-state index is 0.0221. The van der Waals surface area contributed by atoms with Crippen LogP contribution in [0.25, 0.3) is 0 Å². The Hall–Kier alpha value is -1.69. The van der Waals surface area contributed by atoms with Crippen molar-refractivity contribution in [1.29, 1.82) is 0 Å². The van der Waals surface area contributed by atoms with Gasteiger partial charge in [-0.15, -0.1) is 0 Å². The van der Waals surface area contributed by atoms with Gasteiger partial charge in [0, 0.05) is 18.2 Å². The standard InChI is InChI=1S/C14H17F2NO3/c15-14(16)20-12-6-4-10(5-7-12)13(19)17(8-9-18)11-2-1-3-11/h4-7,11,14,18H,1-3,8-9H2. The number of carbonyl (C=O) groups is 1. The second-order valence-electron chi connectivity index (χ2n) is 4.71. The molecule has 1 fully saturated rings. The van der Waals surface area contributed by atoms with E-state index in [4.69, 9.17) is 5.11 Å². The van der Waals surface area contributed by atoms with Gasteiger partial charge in [-0.2, -0.15) is 8.78 Å². The highest BCUT2D eigenvalue weighted by molar-refractivity contribution is 5.94. The van der Waals surface area contributed by atoms with Gasteiger partial charge < -0.3 is 14.7 Å². The molecule has 1 aromatic rings. The molecular formula is C14H17F2NO3. The fourth-order valence-corrected chi connectivity index (χ4v) is 2.20. The Kier molecular flexibility index (Phi) is 4.89. The molecule has 1 aliphatic carbocycles. The lowest BCUT2D eigenvalue weighted by Gasteiger charge is -2.37. The molecule has 0 spiro atoms. The zero-order valence-corrected chi connectivity index (χ0v) is 11.0. The van der Waals surface area contributed by atoms with Crippen molar-refractivity contribution >= 4 is 5.91 Å². The first kappa shape index (κ1) is 14.7. The zero-order valence-electron chi connectivity index (χ0n) is 11.0. The van der Waals surface area contributed by atoms with Crippen molar-refractivity contribution < 1.29 is 23.4 Å². The highest BCUT2D eigenvalue weighted by Crippen LogP contribution is 2.26. The number of aliphatic hydroxyl groups excluding tert-OH is 1. The summed E-state index contributed by atoms with van der Waals surface area (Å²) in [5.41, 5.74) is 0.409. The van der Waals surface area contributed by atoms with E-state index in [-0.39, 0.29) is 24.3 Å². The van der Waals surface area contributed by atoms with Crippen LogP contribution in [0.5, 0.6) is 5.75 Å². The highest BCUT2D eigenvalue weighted by atomic mass is 19.3. The molecule has 0 radical (unpaired) electrons. The molecular weight excluding hydrogens is 268 g/mol. The molecule has 0 aliphatic heterocycles. The number of hydrogen-bond donors (Lipinski definition) is 1. The van der Waals surface area contributed by atoms with Gasteiger partial charge in [0.25, 0.3) is 5.91 Å². The maximum atomic E-state index is 12.3. The number of hydrogen-bond acceptors (Lipinski definition) is 3. The largest absolute Gasteiger partial charge is 0.435 e. The van der Waals surface area contributed by atoms with E-state index in [0.717, 1.165) is 19.3 Å². The molecule has 4 nitrogen and oxygen atoms in total. The van der Waals surface area contributed by atoms with Crippen LogP contribution in [0.3, 0.4) is 0 Å². The molecule has 6 heteroatoms. The number of carbonyl (C=O) groups excluding carboxylic acids is 1. The molecule has 1 aromatic carbocycles. The van der Waals surface area contributed by atoms with Crippen molar-refractivity contribution in [2.24, 2.45) is 0 Å². The molecule has 0 atom stereocenters. The Labute approximate surface area is 116 Å². The lowest BCUT2D eigenvalue weighted by atomic mass is 9.91. The molecule has 1 saturated carbocycles. The van der Waals surface area contributed by atoms with E-state index in [1.54, 1.807) is 4.90 Å². The maximum absolute atomic E-state index is 12.3. The Balaban J connectivity index is 2.06. The van der Waals surface area contributed by atoms with Crippen molar-refractivity contribution in [1.82, 2.24) is 4.90 Å². The molecule has 20 heavy (non-hydrogen) atoms. The van der Waals surface area contributed by atoms with Crippen LogP contribution in [0.4, 0.5) is 8.78 Å². The van der Waals surface area contributed by atoms with Gasteiger partial charge in [0.2, 0.25) is 0 Å². The maximum Gasteiger partial charge on any atom is 0.387 e. The third-order valence-electron chi connectivity index (χ3n) is 3.44. The monoisotopic (exact) mass is 285 g/mol. The van der Waals surface area contributed by atoms with Crippen molar-refractivity contribution in [2.75, 3.05) is 13.2 Å². The summed E-state index contributed by atoms with van der Waals surface area (Å²) in [6, 6.07) is 5.78. The van der Waals surface area contributed by atoms with E-state index in [9.17, 15) is 13.6 Å². The molecule has 1 aliphatic rings. The summed E-state index contributed by atoms with van der Waals surface area (Å²) >= 11 is 0. The van der Waals surface area contributed by atoms with Crippen molar-refractivity contribution in [3.63, 3.8) is 0 Å². The zero-order chi connectivity index (χ0) is 14.5. The first-order chi connectivity index (χ1) is 9.61. The summed E-state index contributed by atoms with van der Waals surface area (Å²) in [7, 11) is 0. The van der Waals surface area contributed by atoms with Crippen LogP contribution < -0.4 is 4.74 Å². The smallest absolute Gasteiger partial charge is 0.387 e. The number of nitrogens with zero attached hydrogens (tertiary/aromatic N) is 1. The second-order valence-corrected chi connectivity index (χ2v) is 4.71. The molecule has 0 aromatic heterocycles. The Morgan fingerprint density at radius 3 is 2.45 bits per heavy atom. The van der Waals surface area contributed by atoms with Crippen molar-refractivity contribution in [3.05, 3.63) is 29.8 Å². The van der Waals surface area contributed by atoms with E-state index in [2.05, 4.69) is 4.74 Å². The number of benzene rings is 1. The third-order valence-corrected chi connectivity index (χ3v) is 3.44. The molecule has 110 valence electrons. The third kappa shape index (κ3) is 3.45. The van der Waals surface area contributed by atoms with Gasteiger partial charge in [0.05, 0.1) is 6.61 Å². The lowest BCUT2D eigenvalue weighted by molar-refractivity contribution is -0.0498. The number of halogens is 2. The van der Waals surface area contributed by atoms with E-state index < -0.39 is 6.61 Å². The summed E-state index contributed by atoms with van der Waals surface area (Å²) in [5.74, 6) is -0.166. The Morgan fingerprint density at radius 2 is 2.00 bits per heavy atom. The van der Waals surface area contributed by atoms with Gasteiger partial charge in [-0.05, 0) is 43.5 Å².